The molecule has 0 radical (unpaired) electrons. The summed E-state index contributed by atoms with van der Waals surface area (Å²) in [6.45, 7) is 4.60. The number of nitrogens with one attached hydrogen (secondary N) is 4. The van der Waals surface area contributed by atoms with Crippen LogP contribution in [0.15, 0.2) is 78.9 Å². The SMILES string of the molecule is CC(C)NC(=O)Nc1cccc(C(=O)Nc2ccc(NCCc3ccccc3)cc2)c1. The van der Waals surface area contributed by atoms with Gasteiger partial charge in [-0.05, 0) is 68.3 Å². The van der Waals surface area contributed by atoms with E-state index in [-0.39, 0.29) is 18.0 Å². The predicted molar refractivity (Wildman–Crippen MR) is 127 cm³/mol. The summed E-state index contributed by atoms with van der Waals surface area (Å²) in [5.74, 6) is -0.238. The first-order valence-corrected chi connectivity index (χ1v) is 10.4. The third-order valence-corrected chi connectivity index (χ3v) is 4.53. The molecule has 6 heteroatoms. The zero-order valence-corrected chi connectivity index (χ0v) is 17.8. The van der Waals surface area contributed by atoms with Gasteiger partial charge in [0.2, 0.25) is 0 Å². The number of benzene rings is 3. The lowest BCUT2D eigenvalue weighted by atomic mass is 10.1. The molecule has 0 spiro atoms. The number of amides is 3. The highest BCUT2D eigenvalue weighted by Gasteiger charge is 2.09. The van der Waals surface area contributed by atoms with Crippen molar-refractivity contribution in [3.8, 4) is 0 Å². The Morgan fingerprint density at radius 2 is 1.48 bits per heavy atom. The van der Waals surface area contributed by atoms with E-state index >= 15 is 0 Å². The number of carbonyl (C=O) groups excluding carboxylic acids is 2. The van der Waals surface area contributed by atoms with Gasteiger partial charge in [-0.15, -0.1) is 0 Å². The highest BCUT2D eigenvalue weighted by molar-refractivity contribution is 6.05. The van der Waals surface area contributed by atoms with E-state index in [0.29, 0.717) is 16.9 Å². The Bertz CT molecular complexity index is 1000. The zero-order chi connectivity index (χ0) is 22.1. The summed E-state index contributed by atoms with van der Waals surface area (Å²) in [7, 11) is 0. The van der Waals surface area contributed by atoms with Gasteiger partial charge >= 0.3 is 6.03 Å². The second-order valence-corrected chi connectivity index (χ2v) is 7.53. The lowest BCUT2D eigenvalue weighted by Crippen LogP contribution is -2.34. The maximum absolute atomic E-state index is 12.6. The molecule has 160 valence electrons. The molecule has 0 saturated heterocycles. The first kappa shape index (κ1) is 21.9. The number of hydrogen-bond acceptors (Lipinski definition) is 3. The van der Waals surface area contributed by atoms with E-state index in [2.05, 4.69) is 33.4 Å². The Morgan fingerprint density at radius 1 is 0.774 bits per heavy atom. The van der Waals surface area contributed by atoms with E-state index in [1.165, 1.54) is 5.56 Å². The first-order chi connectivity index (χ1) is 15.0. The monoisotopic (exact) mass is 416 g/mol. The van der Waals surface area contributed by atoms with E-state index < -0.39 is 0 Å². The lowest BCUT2D eigenvalue weighted by Gasteiger charge is -2.11. The maximum Gasteiger partial charge on any atom is 0.319 e. The van der Waals surface area contributed by atoms with Crippen LogP contribution in [0.25, 0.3) is 0 Å². The summed E-state index contributed by atoms with van der Waals surface area (Å²) in [5.41, 5.74) is 4.01. The lowest BCUT2D eigenvalue weighted by molar-refractivity contribution is 0.102. The highest BCUT2D eigenvalue weighted by atomic mass is 16.2. The molecule has 0 fully saturated rings. The molecule has 3 rings (SSSR count). The van der Waals surface area contributed by atoms with E-state index in [1.54, 1.807) is 24.3 Å². The van der Waals surface area contributed by atoms with Crippen LogP contribution in [0.2, 0.25) is 0 Å². The molecule has 0 aliphatic rings. The third-order valence-electron chi connectivity index (χ3n) is 4.53. The van der Waals surface area contributed by atoms with E-state index in [1.807, 2.05) is 56.3 Å². The van der Waals surface area contributed by atoms with Gasteiger partial charge in [0.1, 0.15) is 0 Å². The molecule has 0 aliphatic heterocycles. The molecule has 0 unspecified atom stereocenters. The van der Waals surface area contributed by atoms with Crippen molar-refractivity contribution in [2.24, 2.45) is 0 Å². The summed E-state index contributed by atoms with van der Waals surface area (Å²) in [6, 6.07) is 24.5. The van der Waals surface area contributed by atoms with Crippen LogP contribution in [0, 0.1) is 0 Å². The molecule has 3 aromatic rings. The Balaban J connectivity index is 1.52. The van der Waals surface area contributed by atoms with Gasteiger partial charge in [0.15, 0.2) is 0 Å². The van der Waals surface area contributed by atoms with Crippen LogP contribution in [-0.4, -0.2) is 24.5 Å². The van der Waals surface area contributed by atoms with Crippen LogP contribution in [-0.2, 0) is 6.42 Å². The second kappa shape index (κ2) is 10.8. The maximum atomic E-state index is 12.6. The number of carbonyl (C=O) groups is 2. The van der Waals surface area contributed by atoms with Crippen molar-refractivity contribution >= 4 is 29.0 Å². The fourth-order valence-electron chi connectivity index (χ4n) is 3.04. The molecule has 31 heavy (non-hydrogen) atoms. The summed E-state index contributed by atoms with van der Waals surface area (Å²) in [4.78, 5) is 24.4. The third kappa shape index (κ3) is 7.19. The Kier molecular flexibility index (Phi) is 7.65. The van der Waals surface area contributed by atoms with Crippen LogP contribution < -0.4 is 21.3 Å². The van der Waals surface area contributed by atoms with Gasteiger partial charge in [0.25, 0.3) is 5.91 Å². The number of anilines is 3. The molecule has 0 atom stereocenters. The predicted octanol–water partition coefficient (Wildman–Crippen LogP) is 5.12. The fraction of sp³-hybridized carbons (Fsp3) is 0.200. The van der Waals surface area contributed by atoms with Gasteiger partial charge in [-0.1, -0.05) is 36.4 Å². The molecule has 0 heterocycles. The second-order valence-electron chi connectivity index (χ2n) is 7.53. The van der Waals surface area contributed by atoms with E-state index in [4.69, 9.17) is 0 Å². The fourth-order valence-corrected chi connectivity index (χ4v) is 3.04. The molecule has 0 bridgehead atoms. The Hall–Kier alpha value is -3.80. The summed E-state index contributed by atoms with van der Waals surface area (Å²) in [6.07, 6.45) is 0.943. The summed E-state index contributed by atoms with van der Waals surface area (Å²) < 4.78 is 0. The van der Waals surface area contributed by atoms with Crippen molar-refractivity contribution in [3.05, 3.63) is 90.0 Å². The average molecular weight is 417 g/mol. The molecular weight excluding hydrogens is 388 g/mol. The van der Waals surface area contributed by atoms with Crippen molar-refractivity contribution in [2.75, 3.05) is 22.5 Å². The van der Waals surface area contributed by atoms with Crippen molar-refractivity contribution in [1.29, 1.82) is 0 Å². The summed E-state index contributed by atoms with van der Waals surface area (Å²) in [5, 5.41) is 11.8. The minimum Gasteiger partial charge on any atom is -0.385 e. The smallest absolute Gasteiger partial charge is 0.319 e. The van der Waals surface area contributed by atoms with Crippen molar-refractivity contribution < 1.29 is 9.59 Å². The molecule has 4 N–H and O–H groups in total. The quantitative estimate of drug-likeness (QED) is 0.411. The van der Waals surface area contributed by atoms with Crippen LogP contribution in [0.3, 0.4) is 0 Å². The van der Waals surface area contributed by atoms with Crippen molar-refractivity contribution in [2.45, 2.75) is 26.3 Å². The largest absolute Gasteiger partial charge is 0.385 e. The normalized spacial score (nSPS) is 10.4. The first-order valence-electron chi connectivity index (χ1n) is 10.4. The van der Waals surface area contributed by atoms with Crippen molar-refractivity contribution in [1.82, 2.24) is 5.32 Å². The Morgan fingerprint density at radius 3 is 2.19 bits per heavy atom. The Labute approximate surface area is 183 Å². The van der Waals surface area contributed by atoms with Gasteiger partial charge < -0.3 is 21.3 Å². The minimum absolute atomic E-state index is 0.0299. The van der Waals surface area contributed by atoms with Gasteiger partial charge in [-0.25, -0.2) is 4.79 Å². The molecule has 6 nitrogen and oxygen atoms in total. The van der Waals surface area contributed by atoms with E-state index in [0.717, 1.165) is 18.7 Å². The van der Waals surface area contributed by atoms with Gasteiger partial charge in [-0.3, -0.25) is 4.79 Å². The summed E-state index contributed by atoms with van der Waals surface area (Å²) >= 11 is 0. The van der Waals surface area contributed by atoms with Crippen LogP contribution in [0.4, 0.5) is 21.9 Å². The number of hydrogen-bond donors (Lipinski definition) is 4. The number of urea groups is 1. The molecule has 0 aliphatic carbocycles. The van der Waals surface area contributed by atoms with Gasteiger partial charge in [0, 0.05) is 35.2 Å². The minimum atomic E-state index is -0.303. The van der Waals surface area contributed by atoms with Crippen molar-refractivity contribution in [3.63, 3.8) is 0 Å². The van der Waals surface area contributed by atoms with Gasteiger partial charge in [-0.2, -0.15) is 0 Å². The number of rotatable bonds is 8. The molecule has 0 saturated carbocycles. The highest BCUT2D eigenvalue weighted by Crippen LogP contribution is 2.16. The van der Waals surface area contributed by atoms with Crippen LogP contribution in [0.5, 0.6) is 0 Å². The molecule has 3 amide bonds. The van der Waals surface area contributed by atoms with Gasteiger partial charge in [0.05, 0.1) is 0 Å². The zero-order valence-electron chi connectivity index (χ0n) is 17.8. The van der Waals surface area contributed by atoms with E-state index in [9.17, 15) is 9.59 Å². The van der Waals surface area contributed by atoms with Crippen LogP contribution >= 0.6 is 0 Å². The molecule has 3 aromatic carbocycles. The van der Waals surface area contributed by atoms with Crippen LogP contribution in [0.1, 0.15) is 29.8 Å². The molecule has 0 aromatic heterocycles. The standard InChI is InChI=1S/C25H28N4O2/c1-18(2)27-25(31)29-23-10-6-9-20(17-23)24(30)28-22-13-11-21(12-14-22)26-16-15-19-7-4-3-5-8-19/h3-14,17-18,26H,15-16H2,1-2H3,(H,28,30)(H2,27,29,31). The molecular formula is C25H28N4O2. The average Bonchev–Trinajstić information content (AvgIpc) is 2.75. The topological polar surface area (TPSA) is 82.3 Å².